The van der Waals surface area contributed by atoms with Gasteiger partial charge in [-0.2, -0.15) is 5.10 Å². The molecule has 0 saturated heterocycles. The van der Waals surface area contributed by atoms with Crippen molar-refractivity contribution in [3.63, 3.8) is 0 Å². The fourth-order valence-electron chi connectivity index (χ4n) is 2.31. The monoisotopic (exact) mass is 332 g/mol. The molecule has 2 rings (SSSR count). The molecule has 0 radical (unpaired) electrons. The molecule has 2 heterocycles. The van der Waals surface area contributed by atoms with E-state index in [1.807, 2.05) is 13.1 Å². The summed E-state index contributed by atoms with van der Waals surface area (Å²) in [6, 6.07) is 1.54. The van der Waals surface area contributed by atoms with Gasteiger partial charge in [-0.3, -0.25) is 18.8 Å². The summed E-state index contributed by atoms with van der Waals surface area (Å²) >= 11 is 0. The van der Waals surface area contributed by atoms with Crippen LogP contribution in [-0.2, 0) is 27.9 Å². The van der Waals surface area contributed by atoms with Gasteiger partial charge in [0.25, 0.3) is 5.56 Å². The van der Waals surface area contributed by atoms with Crippen LogP contribution in [0.1, 0.15) is 12.0 Å². The predicted molar refractivity (Wildman–Crippen MR) is 88.5 cm³/mol. The van der Waals surface area contributed by atoms with Gasteiger partial charge in [-0.05, 0) is 12.5 Å². The van der Waals surface area contributed by atoms with E-state index in [-0.39, 0.29) is 31.0 Å². The van der Waals surface area contributed by atoms with Crippen molar-refractivity contribution in [2.75, 3.05) is 13.7 Å². The third-order valence-electron chi connectivity index (χ3n) is 3.53. The number of methoxy groups -OCH3 is 1. The quantitative estimate of drug-likeness (QED) is 0.605. The van der Waals surface area contributed by atoms with E-state index in [2.05, 4.69) is 15.2 Å². The molecule has 0 aliphatic heterocycles. The van der Waals surface area contributed by atoms with E-state index < -0.39 is 5.97 Å². The highest BCUT2D eigenvalue weighted by atomic mass is 16.5. The van der Waals surface area contributed by atoms with Crippen LogP contribution >= 0.6 is 0 Å². The van der Waals surface area contributed by atoms with E-state index in [0.717, 1.165) is 10.9 Å². The van der Waals surface area contributed by atoms with E-state index in [4.69, 9.17) is 0 Å². The van der Waals surface area contributed by atoms with Gasteiger partial charge in [0, 0.05) is 50.3 Å². The molecule has 1 amide bonds. The maximum Gasteiger partial charge on any atom is 0.330 e. The van der Waals surface area contributed by atoms with Crippen molar-refractivity contribution in [3.05, 3.63) is 40.3 Å². The van der Waals surface area contributed by atoms with Gasteiger partial charge in [0.05, 0.1) is 7.11 Å². The Morgan fingerprint density at radius 3 is 2.88 bits per heavy atom. The Morgan fingerprint density at radius 1 is 1.42 bits per heavy atom. The SMILES string of the molecule is COC(=O)/C=C/CNC(=O)CCn1c(=O)cc(C)c2cn(C)nc21. The lowest BCUT2D eigenvalue weighted by molar-refractivity contribution is -0.134. The fraction of sp³-hybridized carbons (Fsp3) is 0.375. The Bertz CT molecular complexity index is 848. The van der Waals surface area contributed by atoms with Crippen molar-refractivity contribution in [1.29, 1.82) is 0 Å². The van der Waals surface area contributed by atoms with E-state index in [1.165, 1.54) is 23.8 Å². The van der Waals surface area contributed by atoms with Crippen LogP contribution in [0.3, 0.4) is 0 Å². The molecule has 0 fully saturated rings. The van der Waals surface area contributed by atoms with E-state index >= 15 is 0 Å². The number of rotatable bonds is 6. The highest BCUT2D eigenvalue weighted by Gasteiger charge is 2.11. The van der Waals surface area contributed by atoms with Gasteiger partial charge < -0.3 is 10.1 Å². The second kappa shape index (κ2) is 7.58. The molecular weight excluding hydrogens is 312 g/mol. The largest absolute Gasteiger partial charge is 0.466 e. The maximum atomic E-state index is 12.2. The summed E-state index contributed by atoms with van der Waals surface area (Å²) in [5.74, 6) is -0.700. The van der Waals surface area contributed by atoms with Crippen molar-refractivity contribution >= 4 is 22.9 Å². The number of carbonyl (C=O) groups excluding carboxylic acids is 2. The van der Waals surface area contributed by atoms with Gasteiger partial charge in [0.15, 0.2) is 5.65 Å². The van der Waals surface area contributed by atoms with Crippen molar-refractivity contribution in [2.45, 2.75) is 19.9 Å². The number of hydrogen-bond donors (Lipinski definition) is 1. The summed E-state index contributed by atoms with van der Waals surface area (Å²) < 4.78 is 7.58. The first-order chi connectivity index (χ1) is 11.4. The number of amides is 1. The predicted octanol–water partition coefficient (Wildman–Crippen LogP) is 0.279. The average Bonchev–Trinajstić information content (AvgIpc) is 2.93. The normalized spacial score (nSPS) is 11.1. The van der Waals surface area contributed by atoms with Gasteiger partial charge in [-0.1, -0.05) is 6.08 Å². The van der Waals surface area contributed by atoms with Crippen LogP contribution < -0.4 is 10.9 Å². The number of carbonyl (C=O) groups is 2. The van der Waals surface area contributed by atoms with Crippen molar-refractivity contribution in [2.24, 2.45) is 7.05 Å². The second-order valence-corrected chi connectivity index (χ2v) is 5.34. The molecule has 0 atom stereocenters. The molecule has 128 valence electrons. The van der Waals surface area contributed by atoms with Crippen LogP contribution in [0, 0.1) is 6.92 Å². The fourth-order valence-corrected chi connectivity index (χ4v) is 2.31. The number of hydrogen-bond acceptors (Lipinski definition) is 5. The number of pyridine rings is 1. The molecule has 24 heavy (non-hydrogen) atoms. The smallest absolute Gasteiger partial charge is 0.330 e. The second-order valence-electron chi connectivity index (χ2n) is 5.34. The summed E-state index contributed by atoms with van der Waals surface area (Å²) in [5.41, 5.74) is 1.25. The number of fused-ring (bicyclic) bond motifs is 1. The summed E-state index contributed by atoms with van der Waals surface area (Å²) in [6.45, 7) is 2.31. The van der Waals surface area contributed by atoms with Crippen molar-refractivity contribution < 1.29 is 14.3 Å². The lowest BCUT2D eigenvalue weighted by Gasteiger charge is -2.08. The zero-order valence-electron chi connectivity index (χ0n) is 13.9. The number of nitrogens with one attached hydrogen (secondary N) is 1. The van der Waals surface area contributed by atoms with Gasteiger partial charge in [0.2, 0.25) is 5.91 Å². The zero-order chi connectivity index (χ0) is 17.7. The molecule has 0 spiro atoms. The molecule has 0 aromatic carbocycles. The minimum atomic E-state index is -0.479. The molecule has 0 aliphatic rings. The molecule has 8 heteroatoms. The van der Waals surface area contributed by atoms with Crippen LogP contribution in [0.4, 0.5) is 0 Å². The van der Waals surface area contributed by atoms with E-state index in [1.54, 1.807) is 17.8 Å². The first kappa shape index (κ1) is 17.5. The van der Waals surface area contributed by atoms with Crippen molar-refractivity contribution in [1.82, 2.24) is 19.7 Å². The Labute approximate surface area is 138 Å². The van der Waals surface area contributed by atoms with Crippen LogP contribution in [0.5, 0.6) is 0 Å². The van der Waals surface area contributed by atoms with Crippen molar-refractivity contribution in [3.8, 4) is 0 Å². The number of aromatic nitrogens is 3. The Kier molecular flexibility index (Phi) is 5.51. The van der Waals surface area contributed by atoms with E-state index in [9.17, 15) is 14.4 Å². The van der Waals surface area contributed by atoms with Crippen LogP contribution in [0.15, 0.2) is 29.2 Å². The number of nitrogens with zero attached hydrogens (tertiary/aromatic N) is 3. The molecule has 8 nitrogen and oxygen atoms in total. The molecule has 1 N–H and O–H groups in total. The Hall–Kier alpha value is -2.90. The molecule has 2 aromatic rings. The lowest BCUT2D eigenvalue weighted by Crippen LogP contribution is -2.27. The first-order valence-corrected chi connectivity index (χ1v) is 7.47. The highest BCUT2D eigenvalue weighted by Crippen LogP contribution is 2.14. The molecular formula is C16H20N4O4. The molecule has 0 bridgehead atoms. The summed E-state index contributed by atoms with van der Waals surface area (Å²) in [7, 11) is 3.07. The van der Waals surface area contributed by atoms with Crippen LogP contribution in [-0.4, -0.2) is 39.9 Å². The summed E-state index contributed by atoms with van der Waals surface area (Å²) in [4.78, 5) is 34.9. The van der Waals surface area contributed by atoms with Gasteiger partial charge >= 0.3 is 5.97 Å². The highest BCUT2D eigenvalue weighted by molar-refractivity contribution is 5.82. The Balaban J connectivity index is 2.01. The third kappa shape index (κ3) is 4.09. The summed E-state index contributed by atoms with van der Waals surface area (Å²) in [6.07, 6.45) is 4.72. The topological polar surface area (TPSA) is 95.2 Å². The first-order valence-electron chi connectivity index (χ1n) is 7.47. The number of esters is 1. The molecule has 0 unspecified atom stereocenters. The lowest BCUT2D eigenvalue weighted by atomic mass is 10.2. The van der Waals surface area contributed by atoms with Gasteiger partial charge in [-0.15, -0.1) is 0 Å². The Morgan fingerprint density at radius 2 is 2.17 bits per heavy atom. The van der Waals surface area contributed by atoms with Gasteiger partial charge in [-0.25, -0.2) is 4.79 Å². The third-order valence-corrected chi connectivity index (χ3v) is 3.53. The maximum absolute atomic E-state index is 12.2. The van der Waals surface area contributed by atoms with E-state index in [0.29, 0.717) is 5.65 Å². The minimum absolute atomic E-state index is 0.140. The molecule has 0 aliphatic carbocycles. The standard InChI is InChI=1S/C16H20N4O4/c1-11-9-14(22)20(16-12(11)10-19(2)18-16)8-6-13(21)17-7-4-5-15(23)24-3/h4-5,9-10H,6-8H2,1-3H3,(H,17,21)/b5-4+. The minimum Gasteiger partial charge on any atom is -0.466 e. The molecule has 0 saturated carbocycles. The van der Waals surface area contributed by atoms with Crippen LogP contribution in [0.2, 0.25) is 0 Å². The number of ether oxygens (including phenoxy) is 1. The summed E-state index contributed by atoms with van der Waals surface area (Å²) in [5, 5.41) is 7.83. The zero-order valence-corrected chi connectivity index (χ0v) is 13.9. The van der Waals surface area contributed by atoms with Crippen LogP contribution in [0.25, 0.3) is 11.0 Å². The van der Waals surface area contributed by atoms with Gasteiger partial charge in [0.1, 0.15) is 0 Å². The number of aryl methyl sites for hydroxylation is 3. The molecule has 2 aromatic heterocycles. The average molecular weight is 332 g/mol.